The number of rotatable bonds is 6. The topological polar surface area (TPSA) is 129 Å². The molecule has 1 aromatic heterocycles. The van der Waals surface area contributed by atoms with Crippen LogP contribution in [0.15, 0.2) is 86.9 Å². The summed E-state index contributed by atoms with van der Waals surface area (Å²) < 4.78 is 33.8. The van der Waals surface area contributed by atoms with Gasteiger partial charge in [-0.3, -0.25) is 4.79 Å². The first-order valence-corrected chi connectivity index (χ1v) is 12.0. The highest BCUT2D eigenvalue weighted by molar-refractivity contribution is 7.89. The van der Waals surface area contributed by atoms with Crippen molar-refractivity contribution in [3.8, 4) is 16.9 Å². The average Bonchev–Trinajstić information content (AvgIpc) is 2.79. The lowest BCUT2D eigenvalue weighted by atomic mass is 10.0. The molecule has 174 valence electrons. The fourth-order valence-electron chi connectivity index (χ4n) is 3.33. The molecule has 3 aromatic carbocycles. The number of halogens is 1. The van der Waals surface area contributed by atoms with Crippen LogP contribution in [0.4, 0.5) is 5.69 Å². The third kappa shape index (κ3) is 5.12. The van der Waals surface area contributed by atoms with Crippen LogP contribution in [0.1, 0.15) is 6.92 Å². The maximum Gasteiger partial charge on any atom is 0.336 e. The fraction of sp³-hybridized carbons (Fsp3) is 0.0833. The average molecular weight is 499 g/mol. The highest BCUT2D eigenvalue weighted by Crippen LogP contribution is 2.35. The van der Waals surface area contributed by atoms with Crippen molar-refractivity contribution >= 4 is 44.2 Å². The van der Waals surface area contributed by atoms with Crippen molar-refractivity contribution in [3.05, 3.63) is 88.2 Å². The lowest BCUT2D eigenvalue weighted by Crippen LogP contribution is -2.30. The van der Waals surface area contributed by atoms with E-state index in [9.17, 15) is 18.0 Å². The number of anilines is 1. The second-order valence-corrected chi connectivity index (χ2v) is 9.41. The number of fused-ring (bicyclic) bond motifs is 1. The molecular formula is C24H19ClN2O6S. The predicted octanol–water partition coefficient (Wildman–Crippen LogP) is 4.17. The molecule has 1 amide bonds. The molecule has 1 heterocycles. The van der Waals surface area contributed by atoms with E-state index in [0.717, 1.165) is 5.56 Å². The van der Waals surface area contributed by atoms with Gasteiger partial charge in [0.05, 0.1) is 9.92 Å². The van der Waals surface area contributed by atoms with Crippen LogP contribution in [-0.4, -0.2) is 20.4 Å². The number of primary sulfonamides is 1. The fourth-order valence-corrected chi connectivity index (χ4v) is 4.05. The van der Waals surface area contributed by atoms with Gasteiger partial charge in [0, 0.05) is 23.2 Å². The molecule has 10 heteroatoms. The molecule has 0 aliphatic carbocycles. The third-order valence-corrected chi connectivity index (χ3v) is 6.23. The molecule has 0 saturated carbocycles. The number of amides is 1. The Bertz CT molecular complexity index is 1530. The minimum Gasteiger partial charge on any atom is -0.479 e. The quantitative estimate of drug-likeness (QED) is 0.384. The summed E-state index contributed by atoms with van der Waals surface area (Å²) in [5, 5.41) is 8.55. The molecule has 0 bridgehead atoms. The number of hydrogen-bond acceptors (Lipinski definition) is 6. The van der Waals surface area contributed by atoms with E-state index >= 15 is 0 Å². The Balaban J connectivity index is 1.57. The van der Waals surface area contributed by atoms with Crippen LogP contribution in [0.2, 0.25) is 5.02 Å². The maximum absolute atomic E-state index is 12.6. The Morgan fingerprint density at radius 3 is 2.38 bits per heavy atom. The molecule has 0 fully saturated rings. The van der Waals surface area contributed by atoms with Gasteiger partial charge in [0.1, 0.15) is 11.3 Å². The summed E-state index contributed by atoms with van der Waals surface area (Å²) in [5.74, 6) is -0.339. The Kier molecular flexibility index (Phi) is 6.43. The maximum atomic E-state index is 12.6. The lowest BCUT2D eigenvalue weighted by molar-refractivity contribution is -0.122. The van der Waals surface area contributed by atoms with Gasteiger partial charge in [-0.1, -0.05) is 41.9 Å². The molecule has 34 heavy (non-hydrogen) atoms. The van der Waals surface area contributed by atoms with Crippen LogP contribution in [0, 0.1) is 0 Å². The Labute approximate surface area is 200 Å². The molecule has 4 aromatic rings. The Hall–Kier alpha value is -3.66. The van der Waals surface area contributed by atoms with E-state index in [1.165, 1.54) is 43.3 Å². The molecular weight excluding hydrogens is 480 g/mol. The smallest absolute Gasteiger partial charge is 0.336 e. The molecule has 1 unspecified atom stereocenters. The molecule has 4 rings (SSSR count). The second kappa shape index (κ2) is 9.30. The summed E-state index contributed by atoms with van der Waals surface area (Å²) in [5.41, 5.74) is 1.57. The number of nitrogens with two attached hydrogens (primary N) is 1. The standard InChI is InChI=1S/C24H19ClN2O6S/c1-14(24(29)27-16-7-9-17(10-8-16)34(26,30)31)32-22-13-21-19(11-20(22)25)18(12-23(28)33-21)15-5-3-2-4-6-15/h2-14H,1H3,(H,27,29)(H2,26,30,31). The predicted molar refractivity (Wildman–Crippen MR) is 129 cm³/mol. The third-order valence-electron chi connectivity index (χ3n) is 5.01. The SMILES string of the molecule is CC(Oc1cc2oc(=O)cc(-c3ccccc3)c2cc1Cl)C(=O)Nc1ccc(S(N)(=O)=O)cc1. The van der Waals surface area contributed by atoms with Crippen LogP contribution < -0.4 is 20.8 Å². The normalized spacial score (nSPS) is 12.3. The number of benzene rings is 3. The number of ether oxygens (including phenoxy) is 1. The van der Waals surface area contributed by atoms with E-state index in [-0.39, 0.29) is 21.3 Å². The van der Waals surface area contributed by atoms with Gasteiger partial charge in [-0.05, 0) is 48.4 Å². The monoisotopic (exact) mass is 498 g/mol. The van der Waals surface area contributed by atoms with E-state index in [1.807, 2.05) is 30.3 Å². The molecule has 0 radical (unpaired) electrons. The van der Waals surface area contributed by atoms with Crippen molar-refractivity contribution in [2.45, 2.75) is 17.9 Å². The van der Waals surface area contributed by atoms with E-state index in [2.05, 4.69) is 5.32 Å². The summed E-state index contributed by atoms with van der Waals surface area (Å²) in [6, 6.07) is 19.2. The summed E-state index contributed by atoms with van der Waals surface area (Å²) in [6.07, 6.45) is -0.975. The molecule has 0 saturated heterocycles. The Morgan fingerprint density at radius 2 is 1.74 bits per heavy atom. The Morgan fingerprint density at radius 1 is 1.06 bits per heavy atom. The van der Waals surface area contributed by atoms with E-state index < -0.39 is 27.7 Å². The molecule has 0 aliphatic rings. The summed E-state index contributed by atoms with van der Waals surface area (Å²) in [4.78, 5) is 24.6. The van der Waals surface area contributed by atoms with Crippen LogP contribution in [0.3, 0.4) is 0 Å². The second-order valence-electron chi connectivity index (χ2n) is 7.44. The summed E-state index contributed by atoms with van der Waals surface area (Å²) in [7, 11) is -3.84. The highest BCUT2D eigenvalue weighted by Gasteiger charge is 2.19. The first-order chi connectivity index (χ1) is 16.1. The molecule has 0 aliphatic heterocycles. The minimum absolute atomic E-state index is 0.0749. The zero-order valence-electron chi connectivity index (χ0n) is 17.8. The van der Waals surface area contributed by atoms with Crippen molar-refractivity contribution in [3.63, 3.8) is 0 Å². The number of nitrogens with one attached hydrogen (secondary N) is 1. The van der Waals surface area contributed by atoms with Gasteiger partial charge < -0.3 is 14.5 Å². The van der Waals surface area contributed by atoms with E-state index in [0.29, 0.717) is 16.6 Å². The first-order valence-electron chi connectivity index (χ1n) is 10.0. The van der Waals surface area contributed by atoms with Gasteiger partial charge in [-0.25, -0.2) is 18.4 Å². The largest absolute Gasteiger partial charge is 0.479 e. The summed E-state index contributed by atoms with van der Waals surface area (Å²) in [6.45, 7) is 1.52. The van der Waals surface area contributed by atoms with Gasteiger partial charge in [0.15, 0.2) is 6.10 Å². The molecule has 3 N–H and O–H groups in total. The van der Waals surface area contributed by atoms with Crippen molar-refractivity contribution in [2.75, 3.05) is 5.32 Å². The summed E-state index contributed by atoms with van der Waals surface area (Å²) >= 11 is 6.43. The first kappa shape index (κ1) is 23.5. The van der Waals surface area contributed by atoms with Crippen LogP contribution in [-0.2, 0) is 14.8 Å². The van der Waals surface area contributed by atoms with Crippen molar-refractivity contribution < 1.29 is 22.4 Å². The van der Waals surface area contributed by atoms with Crippen LogP contribution in [0.5, 0.6) is 5.75 Å². The molecule has 0 spiro atoms. The number of hydrogen-bond donors (Lipinski definition) is 2. The minimum atomic E-state index is -3.84. The lowest BCUT2D eigenvalue weighted by Gasteiger charge is -2.16. The number of sulfonamides is 1. The number of carbonyl (C=O) groups excluding carboxylic acids is 1. The highest BCUT2D eigenvalue weighted by atomic mass is 35.5. The zero-order chi connectivity index (χ0) is 24.5. The van der Waals surface area contributed by atoms with Gasteiger partial charge in [-0.15, -0.1) is 0 Å². The molecule has 1 atom stereocenters. The van der Waals surface area contributed by atoms with E-state index in [1.54, 1.807) is 6.07 Å². The van der Waals surface area contributed by atoms with Crippen LogP contribution >= 0.6 is 11.6 Å². The van der Waals surface area contributed by atoms with Gasteiger partial charge in [-0.2, -0.15) is 0 Å². The van der Waals surface area contributed by atoms with Gasteiger partial charge >= 0.3 is 5.63 Å². The zero-order valence-corrected chi connectivity index (χ0v) is 19.4. The van der Waals surface area contributed by atoms with E-state index in [4.69, 9.17) is 25.9 Å². The van der Waals surface area contributed by atoms with Crippen LogP contribution in [0.25, 0.3) is 22.1 Å². The van der Waals surface area contributed by atoms with Gasteiger partial charge in [0.25, 0.3) is 5.91 Å². The molecule has 8 nitrogen and oxygen atoms in total. The van der Waals surface area contributed by atoms with Crippen molar-refractivity contribution in [1.82, 2.24) is 0 Å². The van der Waals surface area contributed by atoms with Gasteiger partial charge in [0.2, 0.25) is 10.0 Å². The van der Waals surface area contributed by atoms with Crippen molar-refractivity contribution in [1.29, 1.82) is 0 Å². The van der Waals surface area contributed by atoms with Crippen molar-refractivity contribution in [2.24, 2.45) is 5.14 Å². The number of carbonyl (C=O) groups is 1.